The number of hydrogen-bond donors (Lipinski definition) is 3. The molecule has 0 amide bonds. The van der Waals surface area contributed by atoms with E-state index < -0.39 is 42.6 Å². The molecule has 15 heavy (non-hydrogen) atoms. The second-order valence-corrected chi connectivity index (χ2v) is 3.46. The Kier molecular flexibility index (Phi) is 4.77. The summed E-state index contributed by atoms with van der Waals surface area (Å²) in [6.07, 6.45) is -1.56. The van der Waals surface area contributed by atoms with E-state index in [0.717, 1.165) is 0 Å². The largest absolute Gasteiger partial charge is 0.481 e. The topological polar surface area (TPSA) is 112 Å². The zero-order chi connectivity index (χ0) is 12.1. The van der Waals surface area contributed by atoms with E-state index in [4.69, 9.17) is 15.3 Å². The van der Waals surface area contributed by atoms with E-state index in [2.05, 4.69) is 6.92 Å². The summed E-state index contributed by atoms with van der Waals surface area (Å²) < 4.78 is 0. The Morgan fingerprint density at radius 2 is 1.13 bits per heavy atom. The van der Waals surface area contributed by atoms with Crippen molar-refractivity contribution in [1.82, 2.24) is 0 Å². The zero-order valence-corrected chi connectivity index (χ0v) is 8.10. The second kappa shape index (κ2) is 5.33. The lowest BCUT2D eigenvalue weighted by atomic mass is 9.76. The van der Waals surface area contributed by atoms with Crippen LogP contribution in [0, 0.1) is 12.3 Å². The third kappa shape index (κ3) is 4.99. The van der Waals surface area contributed by atoms with Crippen molar-refractivity contribution in [1.29, 1.82) is 0 Å². The first-order chi connectivity index (χ1) is 6.81. The summed E-state index contributed by atoms with van der Waals surface area (Å²) in [6.45, 7) is 3.43. The Morgan fingerprint density at radius 3 is 1.27 bits per heavy atom. The minimum Gasteiger partial charge on any atom is -0.481 e. The molecule has 3 N–H and O–H groups in total. The molecule has 6 heteroatoms. The number of rotatable bonds is 7. The highest BCUT2D eigenvalue weighted by atomic mass is 16.4. The van der Waals surface area contributed by atoms with Crippen molar-refractivity contribution >= 4 is 17.9 Å². The molecule has 0 aliphatic carbocycles. The fourth-order valence-corrected chi connectivity index (χ4v) is 1.42. The Bertz CT molecular complexity index is 229. The van der Waals surface area contributed by atoms with Crippen molar-refractivity contribution < 1.29 is 29.7 Å². The van der Waals surface area contributed by atoms with Gasteiger partial charge in [-0.3, -0.25) is 14.4 Å². The molecule has 0 atom stereocenters. The molecule has 0 heterocycles. The molecule has 0 rings (SSSR count). The van der Waals surface area contributed by atoms with Gasteiger partial charge >= 0.3 is 17.9 Å². The van der Waals surface area contributed by atoms with Gasteiger partial charge in [0.2, 0.25) is 0 Å². The molecule has 0 aliphatic rings. The molecule has 0 spiro atoms. The quantitative estimate of drug-likeness (QED) is 0.576. The summed E-state index contributed by atoms with van der Waals surface area (Å²) in [5.41, 5.74) is -1.30. The van der Waals surface area contributed by atoms with E-state index in [0.29, 0.717) is 0 Å². The van der Waals surface area contributed by atoms with Gasteiger partial charge in [0.05, 0.1) is 19.3 Å². The van der Waals surface area contributed by atoms with Crippen LogP contribution in [0.4, 0.5) is 0 Å². The van der Waals surface area contributed by atoms with Crippen molar-refractivity contribution in [3.8, 4) is 0 Å². The van der Waals surface area contributed by atoms with Gasteiger partial charge in [-0.25, -0.2) is 0 Å². The number of aliphatic carboxylic acids is 3. The van der Waals surface area contributed by atoms with Crippen molar-refractivity contribution in [3.63, 3.8) is 0 Å². The molecule has 0 saturated carbocycles. The highest BCUT2D eigenvalue weighted by molar-refractivity contribution is 5.75. The van der Waals surface area contributed by atoms with Crippen LogP contribution in [0.2, 0.25) is 0 Å². The third-order valence-corrected chi connectivity index (χ3v) is 2.11. The van der Waals surface area contributed by atoms with Crippen LogP contribution in [0.5, 0.6) is 0 Å². The average molecular weight is 217 g/mol. The number of carbonyl (C=O) groups is 3. The lowest BCUT2D eigenvalue weighted by molar-refractivity contribution is -0.147. The Hall–Kier alpha value is -1.59. The van der Waals surface area contributed by atoms with Crippen LogP contribution in [0.25, 0.3) is 0 Å². The van der Waals surface area contributed by atoms with Crippen molar-refractivity contribution in [2.45, 2.75) is 25.7 Å². The van der Waals surface area contributed by atoms with Crippen LogP contribution in [-0.4, -0.2) is 33.2 Å². The van der Waals surface area contributed by atoms with E-state index >= 15 is 0 Å². The Labute approximate surface area is 86.5 Å². The number of hydrogen-bond acceptors (Lipinski definition) is 3. The third-order valence-electron chi connectivity index (χ3n) is 2.11. The molecule has 0 aliphatic heterocycles. The normalized spacial score (nSPS) is 11.0. The lowest BCUT2D eigenvalue weighted by Gasteiger charge is -2.27. The highest BCUT2D eigenvalue weighted by Crippen LogP contribution is 2.34. The summed E-state index contributed by atoms with van der Waals surface area (Å²) >= 11 is 0. The SMILES string of the molecule is [CH2]CC(CC(=O)O)(CC(=O)O)CC(=O)O. The molecule has 0 unspecified atom stereocenters. The van der Waals surface area contributed by atoms with Gasteiger partial charge in [-0.2, -0.15) is 0 Å². The second-order valence-electron chi connectivity index (χ2n) is 3.46. The summed E-state index contributed by atoms with van der Waals surface area (Å²) in [5, 5.41) is 25.8. The molecular formula is C9H13O6. The first-order valence-electron chi connectivity index (χ1n) is 4.26. The summed E-state index contributed by atoms with van der Waals surface area (Å²) in [7, 11) is 0. The van der Waals surface area contributed by atoms with Crippen LogP contribution >= 0.6 is 0 Å². The fourth-order valence-electron chi connectivity index (χ4n) is 1.42. The predicted octanol–water partition coefficient (Wildman–Crippen LogP) is 0.621. The highest BCUT2D eigenvalue weighted by Gasteiger charge is 2.36. The number of carboxylic acids is 3. The molecule has 0 aromatic carbocycles. The molecule has 0 fully saturated rings. The molecule has 1 radical (unpaired) electrons. The molecule has 0 aromatic heterocycles. The van der Waals surface area contributed by atoms with Gasteiger partial charge in [0, 0.05) is 5.41 Å². The Balaban J connectivity index is 4.81. The van der Waals surface area contributed by atoms with E-state index in [1.165, 1.54) is 0 Å². The van der Waals surface area contributed by atoms with Crippen LogP contribution in [0.1, 0.15) is 25.7 Å². The monoisotopic (exact) mass is 217 g/mol. The van der Waals surface area contributed by atoms with Gasteiger partial charge < -0.3 is 15.3 Å². The molecule has 85 valence electrons. The van der Waals surface area contributed by atoms with Crippen LogP contribution in [-0.2, 0) is 14.4 Å². The predicted molar refractivity (Wildman–Crippen MR) is 49.2 cm³/mol. The lowest BCUT2D eigenvalue weighted by Crippen LogP contribution is -2.30. The van der Waals surface area contributed by atoms with Gasteiger partial charge in [0.1, 0.15) is 0 Å². The van der Waals surface area contributed by atoms with Gasteiger partial charge in [0.25, 0.3) is 0 Å². The van der Waals surface area contributed by atoms with Crippen LogP contribution in [0.3, 0.4) is 0 Å². The average Bonchev–Trinajstić information content (AvgIpc) is 1.99. The van der Waals surface area contributed by atoms with Crippen molar-refractivity contribution in [2.24, 2.45) is 5.41 Å². The van der Waals surface area contributed by atoms with E-state index in [1.807, 2.05) is 0 Å². The Morgan fingerprint density at radius 1 is 0.867 bits per heavy atom. The summed E-state index contributed by atoms with van der Waals surface area (Å²) in [4.78, 5) is 31.6. The zero-order valence-electron chi connectivity index (χ0n) is 8.10. The first kappa shape index (κ1) is 13.4. The standard InChI is InChI=1S/C9H13O6/c1-2-9(3-6(10)11,4-7(12)13)5-8(14)15/h1-5H2,(H,10,11)(H,12,13)(H,14,15). The van der Waals surface area contributed by atoms with Gasteiger partial charge in [-0.1, -0.05) is 6.92 Å². The number of carboxylic acid groups (broad SMARTS) is 3. The smallest absolute Gasteiger partial charge is 0.303 e. The minimum absolute atomic E-state index is 0.0437. The van der Waals surface area contributed by atoms with E-state index in [-0.39, 0.29) is 6.42 Å². The summed E-state index contributed by atoms with van der Waals surface area (Å²) in [6, 6.07) is 0. The van der Waals surface area contributed by atoms with Crippen LogP contribution < -0.4 is 0 Å². The molecule has 0 bridgehead atoms. The fraction of sp³-hybridized carbons (Fsp3) is 0.556. The maximum absolute atomic E-state index is 10.5. The molecule has 0 aromatic rings. The van der Waals surface area contributed by atoms with Crippen molar-refractivity contribution in [3.05, 3.63) is 6.92 Å². The molecule has 0 saturated heterocycles. The van der Waals surface area contributed by atoms with E-state index in [1.54, 1.807) is 0 Å². The van der Waals surface area contributed by atoms with Gasteiger partial charge in [-0.05, 0) is 6.42 Å². The maximum atomic E-state index is 10.5. The van der Waals surface area contributed by atoms with Gasteiger partial charge in [-0.15, -0.1) is 0 Å². The molecule has 6 nitrogen and oxygen atoms in total. The van der Waals surface area contributed by atoms with Crippen molar-refractivity contribution in [2.75, 3.05) is 0 Å². The van der Waals surface area contributed by atoms with Gasteiger partial charge in [0.15, 0.2) is 0 Å². The summed E-state index contributed by atoms with van der Waals surface area (Å²) in [5.74, 6) is -3.66. The van der Waals surface area contributed by atoms with E-state index in [9.17, 15) is 14.4 Å². The first-order valence-corrected chi connectivity index (χ1v) is 4.26. The van der Waals surface area contributed by atoms with Crippen LogP contribution in [0.15, 0.2) is 0 Å². The minimum atomic E-state index is -1.30. The molecular weight excluding hydrogens is 204 g/mol. The maximum Gasteiger partial charge on any atom is 0.303 e.